The Morgan fingerprint density at radius 3 is 2.50 bits per heavy atom. The number of rotatable bonds is 7. The lowest BCUT2D eigenvalue weighted by atomic mass is 10.1. The van der Waals surface area contributed by atoms with Gasteiger partial charge >= 0.3 is 0 Å². The maximum Gasteiger partial charge on any atom is 0.0566 e. The lowest BCUT2D eigenvalue weighted by Gasteiger charge is -2.15. The highest BCUT2D eigenvalue weighted by Crippen LogP contribution is 2.05. The first-order chi connectivity index (χ1) is 6.70. The summed E-state index contributed by atoms with van der Waals surface area (Å²) in [5.74, 6) is 0.668. The predicted molar refractivity (Wildman–Crippen MR) is 65.1 cm³/mol. The van der Waals surface area contributed by atoms with E-state index in [4.69, 9.17) is 0 Å². The van der Waals surface area contributed by atoms with Crippen molar-refractivity contribution in [3.63, 3.8) is 0 Å². The Bertz CT molecular complexity index is 171. The van der Waals surface area contributed by atoms with Crippen LogP contribution in [0.2, 0.25) is 0 Å². The average Bonchev–Trinajstić information content (AvgIpc) is 2.15. The minimum atomic E-state index is 0.668. The van der Waals surface area contributed by atoms with E-state index in [0.717, 1.165) is 19.5 Å². The molecule has 0 aliphatic heterocycles. The maximum absolute atomic E-state index is 4.25. The molecule has 0 N–H and O–H groups in total. The van der Waals surface area contributed by atoms with Crippen molar-refractivity contribution in [1.82, 2.24) is 4.90 Å². The zero-order chi connectivity index (χ0) is 10.8. The van der Waals surface area contributed by atoms with Crippen molar-refractivity contribution in [2.75, 3.05) is 27.2 Å². The molecule has 0 fully saturated rings. The molecule has 1 unspecified atom stereocenters. The summed E-state index contributed by atoms with van der Waals surface area (Å²) in [5, 5.41) is 0. The van der Waals surface area contributed by atoms with Gasteiger partial charge in [0.05, 0.1) is 6.54 Å². The smallest absolute Gasteiger partial charge is 0.0566 e. The largest absolute Gasteiger partial charge is 0.309 e. The van der Waals surface area contributed by atoms with Crippen molar-refractivity contribution in [2.24, 2.45) is 10.9 Å². The molecule has 0 aliphatic rings. The van der Waals surface area contributed by atoms with Crippen molar-refractivity contribution in [3.8, 4) is 0 Å². The van der Waals surface area contributed by atoms with Crippen LogP contribution in [-0.4, -0.2) is 38.3 Å². The van der Waals surface area contributed by atoms with Crippen molar-refractivity contribution in [1.29, 1.82) is 0 Å². The van der Waals surface area contributed by atoms with Gasteiger partial charge in [-0.1, -0.05) is 26.0 Å². The van der Waals surface area contributed by atoms with E-state index in [-0.39, 0.29) is 0 Å². The summed E-state index contributed by atoms with van der Waals surface area (Å²) in [4.78, 5) is 6.48. The van der Waals surface area contributed by atoms with Crippen LogP contribution in [0.1, 0.15) is 26.7 Å². The lowest BCUT2D eigenvalue weighted by Crippen LogP contribution is -2.19. The topological polar surface area (TPSA) is 15.6 Å². The molecule has 0 bridgehead atoms. The van der Waals surface area contributed by atoms with Crippen LogP contribution < -0.4 is 0 Å². The van der Waals surface area contributed by atoms with E-state index >= 15 is 0 Å². The third-order valence-electron chi connectivity index (χ3n) is 2.05. The fraction of sp³-hybridized carbons (Fsp3) is 0.750. The fourth-order valence-corrected chi connectivity index (χ4v) is 1.31. The summed E-state index contributed by atoms with van der Waals surface area (Å²) in [6.45, 7) is 6.30. The summed E-state index contributed by atoms with van der Waals surface area (Å²) in [7, 11) is 4.23. The molecule has 2 nitrogen and oxygen atoms in total. The number of aliphatic imine (C=N–C) groups is 1. The lowest BCUT2D eigenvalue weighted by molar-refractivity contribution is 0.354. The van der Waals surface area contributed by atoms with E-state index < -0.39 is 0 Å². The first-order valence-corrected chi connectivity index (χ1v) is 5.50. The van der Waals surface area contributed by atoms with Crippen LogP contribution in [0, 0.1) is 5.92 Å². The summed E-state index contributed by atoms with van der Waals surface area (Å²) < 4.78 is 0. The summed E-state index contributed by atoms with van der Waals surface area (Å²) in [5.41, 5.74) is 0. The Morgan fingerprint density at radius 1 is 1.29 bits per heavy atom. The van der Waals surface area contributed by atoms with Crippen LogP contribution in [0.15, 0.2) is 17.1 Å². The Kier molecular flexibility index (Phi) is 8.54. The molecule has 0 aliphatic carbocycles. The maximum atomic E-state index is 4.25. The van der Waals surface area contributed by atoms with Gasteiger partial charge in [-0.2, -0.15) is 0 Å². The summed E-state index contributed by atoms with van der Waals surface area (Å²) >= 11 is 0. The highest BCUT2D eigenvalue weighted by molar-refractivity contribution is 5.56. The van der Waals surface area contributed by atoms with Gasteiger partial charge in [0.1, 0.15) is 0 Å². The van der Waals surface area contributed by atoms with Gasteiger partial charge in [0.2, 0.25) is 0 Å². The van der Waals surface area contributed by atoms with Crippen LogP contribution in [0.5, 0.6) is 0 Å². The second-order valence-corrected chi connectivity index (χ2v) is 3.81. The highest BCUT2D eigenvalue weighted by Gasteiger charge is 2.01. The minimum Gasteiger partial charge on any atom is -0.309 e. The van der Waals surface area contributed by atoms with E-state index in [1.165, 1.54) is 6.42 Å². The van der Waals surface area contributed by atoms with Gasteiger partial charge < -0.3 is 4.90 Å². The summed E-state index contributed by atoms with van der Waals surface area (Å²) in [6.07, 6.45) is 8.66. The summed E-state index contributed by atoms with van der Waals surface area (Å²) in [6, 6.07) is 0. The fourth-order valence-electron chi connectivity index (χ4n) is 1.31. The van der Waals surface area contributed by atoms with Gasteiger partial charge in [0.25, 0.3) is 0 Å². The Labute approximate surface area is 88.7 Å². The van der Waals surface area contributed by atoms with E-state index in [1.807, 2.05) is 6.21 Å². The van der Waals surface area contributed by atoms with Crippen molar-refractivity contribution < 1.29 is 0 Å². The van der Waals surface area contributed by atoms with Crippen LogP contribution in [0.4, 0.5) is 0 Å². The van der Waals surface area contributed by atoms with E-state index in [0.29, 0.717) is 5.92 Å². The zero-order valence-electron chi connectivity index (χ0n) is 10.0. The standard InChI is InChI=1S/C12H24N2/c1-5-9-13-10-7-8-12(6-2)11-14(3)4/h7-9,12H,5-6,10-11H2,1-4H3/b8-7+,13-9-. The monoisotopic (exact) mass is 196 g/mol. The molecule has 0 saturated carbocycles. The molecule has 0 radical (unpaired) electrons. The molecular weight excluding hydrogens is 172 g/mol. The predicted octanol–water partition coefficient (Wildman–Crippen LogP) is 2.61. The normalized spacial score (nSPS) is 14.6. The van der Waals surface area contributed by atoms with Crippen LogP contribution in [0.25, 0.3) is 0 Å². The molecule has 14 heavy (non-hydrogen) atoms. The van der Waals surface area contributed by atoms with Crippen LogP contribution >= 0.6 is 0 Å². The SMILES string of the molecule is CC/C=N\C/C=C/C(CC)CN(C)C. The first-order valence-electron chi connectivity index (χ1n) is 5.50. The number of hydrogen-bond acceptors (Lipinski definition) is 2. The molecule has 0 saturated heterocycles. The molecule has 1 atom stereocenters. The van der Waals surface area contributed by atoms with Gasteiger partial charge in [0, 0.05) is 6.54 Å². The van der Waals surface area contributed by atoms with Crippen LogP contribution in [-0.2, 0) is 0 Å². The Balaban J connectivity index is 3.74. The van der Waals surface area contributed by atoms with Gasteiger partial charge in [-0.05, 0) is 39.1 Å². The van der Waals surface area contributed by atoms with E-state index in [9.17, 15) is 0 Å². The quantitative estimate of drug-likeness (QED) is 0.451. The second kappa shape index (κ2) is 8.95. The molecule has 0 heterocycles. The first kappa shape index (κ1) is 13.4. The average molecular weight is 196 g/mol. The Hall–Kier alpha value is -0.630. The molecule has 0 aromatic carbocycles. The van der Waals surface area contributed by atoms with Gasteiger partial charge in [-0.25, -0.2) is 0 Å². The number of nitrogens with zero attached hydrogens (tertiary/aromatic N) is 2. The second-order valence-electron chi connectivity index (χ2n) is 3.81. The van der Waals surface area contributed by atoms with Crippen molar-refractivity contribution >= 4 is 6.21 Å². The molecule has 2 heteroatoms. The van der Waals surface area contributed by atoms with Crippen molar-refractivity contribution in [3.05, 3.63) is 12.2 Å². The molecule has 0 spiro atoms. The molecular formula is C12H24N2. The van der Waals surface area contributed by atoms with E-state index in [1.54, 1.807) is 0 Å². The number of hydrogen-bond donors (Lipinski definition) is 0. The van der Waals surface area contributed by atoms with Gasteiger partial charge in [-0.15, -0.1) is 0 Å². The molecule has 0 aromatic heterocycles. The van der Waals surface area contributed by atoms with Crippen LogP contribution in [0.3, 0.4) is 0 Å². The van der Waals surface area contributed by atoms with E-state index in [2.05, 4.69) is 50.0 Å². The zero-order valence-corrected chi connectivity index (χ0v) is 10.0. The van der Waals surface area contributed by atoms with Crippen molar-refractivity contribution in [2.45, 2.75) is 26.7 Å². The third kappa shape index (κ3) is 7.99. The highest BCUT2D eigenvalue weighted by atomic mass is 15.1. The molecule has 0 rings (SSSR count). The van der Waals surface area contributed by atoms with Gasteiger partial charge in [0.15, 0.2) is 0 Å². The molecule has 0 aromatic rings. The molecule has 0 amide bonds. The van der Waals surface area contributed by atoms with Gasteiger partial charge in [-0.3, -0.25) is 4.99 Å². The molecule has 82 valence electrons. The Morgan fingerprint density at radius 2 is 2.00 bits per heavy atom. The third-order valence-corrected chi connectivity index (χ3v) is 2.05. The minimum absolute atomic E-state index is 0.668.